The minimum Gasteiger partial charge on any atom is -0.253 e. The fourth-order valence-corrected chi connectivity index (χ4v) is 0.958. The van der Waals surface area contributed by atoms with E-state index in [-0.39, 0.29) is 0 Å². The minimum absolute atomic E-state index is 0.873. The minimum atomic E-state index is 0.873. The second-order valence-corrected chi connectivity index (χ2v) is 2.47. The molecule has 2 nitrogen and oxygen atoms in total. The average molecular weight is 160 g/mol. The van der Waals surface area contributed by atoms with Gasteiger partial charge in [0.05, 0.1) is 16.4 Å². The Morgan fingerprint density at radius 2 is 2.17 bits per heavy atom. The first-order valence-electron chi connectivity index (χ1n) is 3.86. The normalized spacial score (nSPS) is 13.5. The van der Waals surface area contributed by atoms with E-state index in [4.69, 9.17) is 0 Å². The van der Waals surface area contributed by atoms with Crippen LogP contribution in [0.3, 0.4) is 0 Å². The summed E-state index contributed by atoms with van der Waals surface area (Å²) in [6, 6.07) is 0. The summed E-state index contributed by atoms with van der Waals surface area (Å²) in [5.41, 5.74) is 0.935. The third kappa shape index (κ3) is 1.78. The topological polar surface area (TPSA) is 25.8 Å². The standard InChI is InChI=1S/C10H12N2/c1-4-6-10-9(5-2)12-8(3)7-11-10/h4-7H,1H2,2-3H3/b9-5+,10-6+. The van der Waals surface area contributed by atoms with Crippen molar-refractivity contribution in [2.45, 2.75) is 13.8 Å². The molecular weight excluding hydrogens is 148 g/mol. The van der Waals surface area contributed by atoms with E-state index in [0.29, 0.717) is 0 Å². The quantitative estimate of drug-likeness (QED) is 0.599. The summed E-state index contributed by atoms with van der Waals surface area (Å²) < 4.78 is 0. The first-order chi connectivity index (χ1) is 5.77. The molecule has 0 saturated heterocycles. The molecular formula is C10H12N2. The zero-order chi connectivity index (χ0) is 8.97. The lowest BCUT2D eigenvalue weighted by atomic mass is 10.4. The van der Waals surface area contributed by atoms with Gasteiger partial charge >= 0.3 is 0 Å². The zero-order valence-corrected chi connectivity index (χ0v) is 7.41. The fourth-order valence-electron chi connectivity index (χ4n) is 0.958. The van der Waals surface area contributed by atoms with Crippen molar-refractivity contribution in [3.05, 3.63) is 35.2 Å². The summed E-state index contributed by atoms with van der Waals surface area (Å²) in [4.78, 5) is 8.53. The molecule has 1 rings (SSSR count). The van der Waals surface area contributed by atoms with E-state index in [2.05, 4.69) is 16.5 Å². The van der Waals surface area contributed by atoms with Gasteiger partial charge in [0.25, 0.3) is 0 Å². The highest BCUT2D eigenvalue weighted by Gasteiger charge is 1.87. The summed E-state index contributed by atoms with van der Waals surface area (Å²) in [5, 5.41) is 1.79. The SMILES string of the molecule is C=C/C=c1/ncc(C)n/c1=C/C. The first-order valence-corrected chi connectivity index (χ1v) is 3.86. The zero-order valence-electron chi connectivity index (χ0n) is 7.41. The van der Waals surface area contributed by atoms with Crippen LogP contribution in [0.1, 0.15) is 12.6 Å². The van der Waals surface area contributed by atoms with Crippen molar-refractivity contribution in [1.29, 1.82) is 0 Å². The number of hydrogen-bond acceptors (Lipinski definition) is 2. The van der Waals surface area contributed by atoms with Crippen LogP contribution < -0.4 is 10.7 Å². The third-order valence-electron chi connectivity index (χ3n) is 1.50. The molecule has 0 unspecified atom stereocenters. The molecule has 0 atom stereocenters. The van der Waals surface area contributed by atoms with Crippen molar-refractivity contribution in [3.8, 4) is 0 Å². The molecule has 0 amide bonds. The predicted molar refractivity (Wildman–Crippen MR) is 50.8 cm³/mol. The highest BCUT2D eigenvalue weighted by molar-refractivity contribution is 5.33. The van der Waals surface area contributed by atoms with Crippen LogP contribution in [-0.4, -0.2) is 9.97 Å². The molecule has 1 aromatic rings. The molecule has 0 saturated carbocycles. The molecule has 1 heterocycles. The van der Waals surface area contributed by atoms with Gasteiger partial charge in [-0.15, -0.1) is 0 Å². The number of nitrogens with zero attached hydrogens (tertiary/aromatic N) is 2. The van der Waals surface area contributed by atoms with E-state index < -0.39 is 0 Å². The maximum Gasteiger partial charge on any atom is 0.0883 e. The molecule has 0 aliphatic carbocycles. The van der Waals surface area contributed by atoms with E-state index in [1.165, 1.54) is 0 Å². The van der Waals surface area contributed by atoms with Crippen LogP contribution in [0.25, 0.3) is 12.2 Å². The van der Waals surface area contributed by atoms with Gasteiger partial charge in [0.15, 0.2) is 0 Å². The highest BCUT2D eigenvalue weighted by atomic mass is 14.8. The maximum atomic E-state index is 4.31. The number of aromatic nitrogens is 2. The van der Waals surface area contributed by atoms with Gasteiger partial charge in [0, 0.05) is 6.20 Å². The number of allylic oxidation sites excluding steroid dienone is 1. The van der Waals surface area contributed by atoms with E-state index in [1.54, 1.807) is 12.3 Å². The number of hydrogen-bond donors (Lipinski definition) is 0. The number of rotatable bonds is 1. The molecule has 0 bridgehead atoms. The molecule has 62 valence electrons. The predicted octanol–water partition coefficient (Wildman–Crippen LogP) is 0.552. The van der Waals surface area contributed by atoms with Gasteiger partial charge in [0.2, 0.25) is 0 Å². The number of aryl methyl sites for hydroxylation is 1. The summed E-state index contributed by atoms with van der Waals surface area (Å²) in [7, 11) is 0. The molecule has 0 aliphatic heterocycles. The van der Waals surface area contributed by atoms with Crippen molar-refractivity contribution in [2.75, 3.05) is 0 Å². The van der Waals surface area contributed by atoms with E-state index in [9.17, 15) is 0 Å². The van der Waals surface area contributed by atoms with Gasteiger partial charge < -0.3 is 0 Å². The van der Waals surface area contributed by atoms with Gasteiger partial charge in [-0.2, -0.15) is 0 Å². The summed E-state index contributed by atoms with van der Waals surface area (Å²) in [6.45, 7) is 7.49. The largest absolute Gasteiger partial charge is 0.253 e. The van der Waals surface area contributed by atoms with Gasteiger partial charge in [0.1, 0.15) is 0 Å². The van der Waals surface area contributed by atoms with Crippen LogP contribution in [0.15, 0.2) is 18.9 Å². The molecule has 0 spiro atoms. The van der Waals surface area contributed by atoms with Crippen LogP contribution in [0.5, 0.6) is 0 Å². The lowest BCUT2D eigenvalue weighted by molar-refractivity contribution is 1.04. The Labute approximate surface area is 72.0 Å². The lowest BCUT2D eigenvalue weighted by Crippen LogP contribution is -2.31. The van der Waals surface area contributed by atoms with Crippen molar-refractivity contribution in [3.63, 3.8) is 0 Å². The highest BCUT2D eigenvalue weighted by Crippen LogP contribution is 1.76. The van der Waals surface area contributed by atoms with Crippen LogP contribution >= 0.6 is 0 Å². The Morgan fingerprint density at radius 1 is 1.42 bits per heavy atom. The van der Waals surface area contributed by atoms with Crippen molar-refractivity contribution in [2.24, 2.45) is 0 Å². The van der Waals surface area contributed by atoms with E-state index in [1.807, 2.05) is 26.0 Å². The van der Waals surface area contributed by atoms with E-state index in [0.717, 1.165) is 16.4 Å². The maximum absolute atomic E-state index is 4.31. The van der Waals surface area contributed by atoms with Gasteiger partial charge in [-0.1, -0.05) is 18.7 Å². The monoisotopic (exact) mass is 160 g/mol. The molecule has 0 aromatic carbocycles. The molecule has 0 fully saturated rings. The molecule has 0 N–H and O–H groups in total. The Kier molecular flexibility index (Phi) is 2.75. The smallest absolute Gasteiger partial charge is 0.0883 e. The molecule has 2 heteroatoms. The van der Waals surface area contributed by atoms with Crippen molar-refractivity contribution in [1.82, 2.24) is 9.97 Å². The van der Waals surface area contributed by atoms with Crippen molar-refractivity contribution >= 4 is 12.2 Å². The second kappa shape index (κ2) is 3.81. The van der Waals surface area contributed by atoms with Gasteiger partial charge in [-0.3, -0.25) is 9.97 Å². The fraction of sp³-hybridized carbons (Fsp3) is 0.200. The van der Waals surface area contributed by atoms with Crippen LogP contribution in [0, 0.1) is 6.92 Å². The Hall–Kier alpha value is -1.44. The average Bonchev–Trinajstić information content (AvgIpc) is 2.08. The van der Waals surface area contributed by atoms with Crippen molar-refractivity contribution < 1.29 is 0 Å². The summed E-state index contributed by atoms with van der Waals surface area (Å²) in [6.07, 6.45) is 7.26. The second-order valence-electron chi connectivity index (χ2n) is 2.47. The molecule has 0 radical (unpaired) electrons. The Morgan fingerprint density at radius 3 is 2.75 bits per heavy atom. The van der Waals surface area contributed by atoms with Gasteiger partial charge in [-0.05, 0) is 19.9 Å². The molecule has 1 aromatic heterocycles. The third-order valence-corrected chi connectivity index (χ3v) is 1.50. The summed E-state index contributed by atoms with van der Waals surface area (Å²) in [5.74, 6) is 0. The Balaban J connectivity index is 3.52. The molecule has 12 heavy (non-hydrogen) atoms. The van der Waals surface area contributed by atoms with Gasteiger partial charge in [-0.25, -0.2) is 0 Å². The molecule has 0 aliphatic rings. The summed E-state index contributed by atoms with van der Waals surface area (Å²) >= 11 is 0. The lowest BCUT2D eigenvalue weighted by Gasteiger charge is -1.90. The van der Waals surface area contributed by atoms with Crippen LogP contribution in [0.2, 0.25) is 0 Å². The Bertz CT molecular complexity index is 391. The van der Waals surface area contributed by atoms with Crippen LogP contribution in [-0.2, 0) is 0 Å². The van der Waals surface area contributed by atoms with Crippen LogP contribution in [0.4, 0.5) is 0 Å². The van der Waals surface area contributed by atoms with E-state index >= 15 is 0 Å². The first kappa shape index (κ1) is 8.65.